The Morgan fingerprint density at radius 2 is 1.74 bits per heavy atom. The molecule has 1 heterocycles. The van der Waals surface area contributed by atoms with E-state index in [-0.39, 0.29) is 17.6 Å². The van der Waals surface area contributed by atoms with Crippen LogP contribution in [0.1, 0.15) is 29.6 Å². The third kappa shape index (κ3) is 5.07. The van der Waals surface area contributed by atoms with Crippen LogP contribution < -0.4 is 5.32 Å². The predicted octanol–water partition coefficient (Wildman–Crippen LogP) is 4.32. The van der Waals surface area contributed by atoms with E-state index in [9.17, 15) is 18.4 Å². The molecule has 7 heteroatoms. The minimum atomic E-state index is -0.946. The average Bonchev–Trinajstić information content (AvgIpc) is 2.69. The first-order chi connectivity index (χ1) is 13.0. The van der Waals surface area contributed by atoms with E-state index in [1.807, 2.05) is 4.90 Å². The lowest BCUT2D eigenvalue weighted by atomic mass is 10.1. The molecular weight excluding hydrogens is 370 g/mol. The molecule has 2 aromatic rings. The van der Waals surface area contributed by atoms with Crippen LogP contribution in [0.2, 0.25) is 0 Å². The van der Waals surface area contributed by atoms with Crippen molar-refractivity contribution in [3.05, 3.63) is 59.7 Å². The second kappa shape index (κ2) is 8.99. The molecule has 0 aromatic heterocycles. The summed E-state index contributed by atoms with van der Waals surface area (Å²) >= 11 is 1.10. The first kappa shape index (κ1) is 19.4. The van der Waals surface area contributed by atoms with Gasteiger partial charge in [-0.25, -0.2) is 8.78 Å². The number of carbonyl (C=O) groups excluding carboxylic acids is 2. The topological polar surface area (TPSA) is 49.4 Å². The highest BCUT2D eigenvalue weighted by Gasteiger charge is 2.21. The standard InChI is InChI=1S/C20H20F2N2O2S/c21-16-9-8-14(12-17(16)22)27-13-19(25)23-18-7-3-2-6-15(18)20(26)24-10-4-1-5-11-24/h2-3,6-9,12H,1,4-5,10-11,13H2,(H,23,25). The van der Waals surface area contributed by atoms with Crippen molar-refractivity contribution in [3.8, 4) is 0 Å². The molecule has 1 fully saturated rings. The molecule has 0 unspecified atom stereocenters. The van der Waals surface area contributed by atoms with Gasteiger partial charge in [-0.15, -0.1) is 11.8 Å². The van der Waals surface area contributed by atoms with Gasteiger partial charge in [-0.2, -0.15) is 0 Å². The minimum Gasteiger partial charge on any atom is -0.339 e. The molecule has 0 saturated carbocycles. The number of hydrogen-bond donors (Lipinski definition) is 1. The predicted molar refractivity (Wildman–Crippen MR) is 102 cm³/mol. The number of thioether (sulfide) groups is 1. The van der Waals surface area contributed by atoms with Gasteiger partial charge in [0.05, 0.1) is 17.0 Å². The van der Waals surface area contributed by atoms with Gasteiger partial charge in [0.1, 0.15) is 0 Å². The maximum atomic E-state index is 13.2. The fourth-order valence-electron chi connectivity index (χ4n) is 2.95. The monoisotopic (exact) mass is 390 g/mol. The SMILES string of the molecule is O=C(CSc1ccc(F)c(F)c1)Nc1ccccc1C(=O)N1CCCCC1. The van der Waals surface area contributed by atoms with Gasteiger partial charge >= 0.3 is 0 Å². The van der Waals surface area contributed by atoms with E-state index in [1.54, 1.807) is 24.3 Å². The molecule has 0 spiro atoms. The zero-order valence-corrected chi connectivity index (χ0v) is 15.5. The van der Waals surface area contributed by atoms with Crippen LogP contribution in [0.25, 0.3) is 0 Å². The molecule has 0 aliphatic carbocycles. The summed E-state index contributed by atoms with van der Waals surface area (Å²) < 4.78 is 26.2. The number of likely N-dealkylation sites (tertiary alicyclic amines) is 1. The average molecular weight is 390 g/mol. The third-order valence-corrected chi connectivity index (χ3v) is 5.33. The summed E-state index contributed by atoms with van der Waals surface area (Å²) in [4.78, 5) is 27.3. The van der Waals surface area contributed by atoms with Crippen LogP contribution in [0.3, 0.4) is 0 Å². The molecule has 142 valence electrons. The molecule has 1 aliphatic heterocycles. The molecular formula is C20H20F2N2O2S. The first-order valence-electron chi connectivity index (χ1n) is 8.80. The van der Waals surface area contributed by atoms with E-state index in [0.717, 1.165) is 56.2 Å². The zero-order valence-electron chi connectivity index (χ0n) is 14.7. The van der Waals surface area contributed by atoms with Crippen molar-refractivity contribution >= 4 is 29.3 Å². The second-order valence-corrected chi connectivity index (χ2v) is 7.36. The summed E-state index contributed by atoms with van der Waals surface area (Å²) in [5.41, 5.74) is 0.925. The molecule has 27 heavy (non-hydrogen) atoms. The highest BCUT2D eigenvalue weighted by Crippen LogP contribution is 2.23. The molecule has 3 rings (SSSR count). The second-order valence-electron chi connectivity index (χ2n) is 6.31. The number of nitrogens with one attached hydrogen (secondary N) is 1. The fourth-order valence-corrected chi connectivity index (χ4v) is 3.67. The van der Waals surface area contributed by atoms with Crippen molar-refractivity contribution in [2.24, 2.45) is 0 Å². The Balaban J connectivity index is 1.63. The fraction of sp³-hybridized carbons (Fsp3) is 0.300. The number of rotatable bonds is 5. The van der Waals surface area contributed by atoms with Gasteiger partial charge in [0.15, 0.2) is 11.6 Å². The Labute approximate surface area is 160 Å². The molecule has 1 aliphatic rings. The van der Waals surface area contributed by atoms with Gasteiger partial charge in [-0.3, -0.25) is 9.59 Å². The smallest absolute Gasteiger partial charge is 0.255 e. The van der Waals surface area contributed by atoms with Crippen LogP contribution in [0.15, 0.2) is 47.4 Å². The number of para-hydroxylation sites is 1. The molecule has 2 amide bonds. The normalized spacial score (nSPS) is 14.1. The minimum absolute atomic E-state index is 0.0251. The Morgan fingerprint density at radius 1 is 1.00 bits per heavy atom. The summed E-state index contributed by atoms with van der Waals surface area (Å²) in [7, 11) is 0. The van der Waals surface area contributed by atoms with E-state index in [4.69, 9.17) is 0 Å². The van der Waals surface area contributed by atoms with Gasteiger partial charge in [0, 0.05) is 18.0 Å². The number of halogens is 2. The van der Waals surface area contributed by atoms with Crippen LogP contribution in [0.5, 0.6) is 0 Å². The van der Waals surface area contributed by atoms with E-state index in [0.29, 0.717) is 16.1 Å². The number of piperidine rings is 1. The maximum Gasteiger partial charge on any atom is 0.255 e. The first-order valence-corrected chi connectivity index (χ1v) is 9.79. The summed E-state index contributed by atoms with van der Waals surface area (Å²) in [5.74, 6) is -2.24. The van der Waals surface area contributed by atoms with Crippen LogP contribution in [0, 0.1) is 11.6 Å². The third-order valence-electron chi connectivity index (χ3n) is 4.34. The molecule has 1 saturated heterocycles. The zero-order chi connectivity index (χ0) is 19.2. The van der Waals surface area contributed by atoms with Gasteiger partial charge in [-0.05, 0) is 49.6 Å². The van der Waals surface area contributed by atoms with Crippen molar-refractivity contribution in [1.82, 2.24) is 4.90 Å². The summed E-state index contributed by atoms with van der Waals surface area (Å²) in [6.45, 7) is 1.46. The summed E-state index contributed by atoms with van der Waals surface area (Å²) in [5, 5.41) is 2.75. The quantitative estimate of drug-likeness (QED) is 0.774. The van der Waals surface area contributed by atoms with Crippen LogP contribution in [0.4, 0.5) is 14.5 Å². The molecule has 0 radical (unpaired) electrons. The van der Waals surface area contributed by atoms with Gasteiger partial charge < -0.3 is 10.2 Å². The number of amides is 2. The molecule has 4 nitrogen and oxygen atoms in total. The lowest BCUT2D eigenvalue weighted by Gasteiger charge is -2.27. The number of carbonyl (C=O) groups is 2. The Hall–Kier alpha value is -2.41. The molecule has 1 N–H and O–H groups in total. The van der Waals surface area contributed by atoms with E-state index < -0.39 is 11.6 Å². The molecule has 0 atom stereocenters. The van der Waals surface area contributed by atoms with Crippen molar-refractivity contribution in [2.45, 2.75) is 24.2 Å². The van der Waals surface area contributed by atoms with E-state index >= 15 is 0 Å². The summed E-state index contributed by atoms with van der Waals surface area (Å²) in [6, 6.07) is 10.4. The molecule has 2 aromatic carbocycles. The Morgan fingerprint density at radius 3 is 2.48 bits per heavy atom. The van der Waals surface area contributed by atoms with Gasteiger partial charge in [0.2, 0.25) is 5.91 Å². The maximum absolute atomic E-state index is 13.2. The Bertz CT molecular complexity index is 838. The van der Waals surface area contributed by atoms with Crippen LogP contribution >= 0.6 is 11.8 Å². The van der Waals surface area contributed by atoms with Gasteiger partial charge in [-0.1, -0.05) is 12.1 Å². The lowest BCUT2D eigenvalue weighted by Crippen LogP contribution is -2.36. The van der Waals surface area contributed by atoms with Crippen molar-refractivity contribution in [3.63, 3.8) is 0 Å². The number of nitrogens with zero attached hydrogens (tertiary/aromatic N) is 1. The largest absolute Gasteiger partial charge is 0.339 e. The lowest BCUT2D eigenvalue weighted by molar-refractivity contribution is -0.113. The highest BCUT2D eigenvalue weighted by molar-refractivity contribution is 8.00. The highest BCUT2D eigenvalue weighted by atomic mass is 32.2. The van der Waals surface area contributed by atoms with E-state index in [1.165, 1.54) is 6.07 Å². The number of benzene rings is 2. The van der Waals surface area contributed by atoms with Crippen molar-refractivity contribution < 1.29 is 18.4 Å². The number of anilines is 1. The van der Waals surface area contributed by atoms with Crippen LogP contribution in [-0.4, -0.2) is 35.6 Å². The molecule has 0 bridgehead atoms. The Kier molecular flexibility index (Phi) is 6.45. The van der Waals surface area contributed by atoms with E-state index in [2.05, 4.69) is 5.32 Å². The van der Waals surface area contributed by atoms with Crippen molar-refractivity contribution in [1.29, 1.82) is 0 Å². The summed E-state index contributed by atoms with van der Waals surface area (Å²) in [6.07, 6.45) is 3.11. The van der Waals surface area contributed by atoms with Crippen molar-refractivity contribution in [2.75, 3.05) is 24.2 Å². The number of hydrogen-bond acceptors (Lipinski definition) is 3. The van der Waals surface area contributed by atoms with Gasteiger partial charge in [0.25, 0.3) is 5.91 Å². The van der Waals surface area contributed by atoms with Crippen LogP contribution in [-0.2, 0) is 4.79 Å².